The maximum absolute atomic E-state index is 6.27. The number of nitrogens with two attached hydrogens (primary N) is 1. The van der Waals surface area contributed by atoms with Crippen LogP contribution in [0.25, 0.3) is 11.3 Å². The van der Waals surface area contributed by atoms with E-state index in [9.17, 15) is 0 Å². The van der Waals surface area contributed by atoms with Crippen molar-refractivity contribution in [3.05, 3.63) is 48.3 Å². The van der Waals surface area contributed by atoms with E-state index in [4.69, 9.17) is 10.7 Å². The molecule has 3 nitrogen and oxygen atoms in total. The van der Waals surface area contributed by atoms with Gasteiger partial charge < -0.3 is 10.3 Å². The van der Waals surface area contributed by atoms with Crippen LogP contribution in [0, 0.1) is 6.92 Å². The van der Waals surface area contributed by atoms with Crippen LogP contribution in [0.4, 0.5) is 5.82 Å². The molecule has 0 aliphatic rings. The lowest BCUT2D eigenvalue weighted by molar-refractivity contribution is 0.724. The first-order valence-corrected chi connectivity index (χ1v) is 6.70. The summed E-state index contributed by atoms with van der Waals surface area (Å²) in [7, 11) is 0. The number of hydrogen-bond acceptors (Lipinski definition) is 2. The standard InChI is InChI=1S/C16H21N3/c1-4-8-14-18-15(16(17)19(14)11-5-2)13-10-7-6-9-12(13)3/h5-7,9-10H,2,4,8,11,17H2,1,3H3. The van der Waals surface area contributed by atoms with Crippen LogP contribution in [-0.4, -0.2) is 9.55 Å². The monoisotopic (exact) mass is 255 g/mol. The molecule has 0 aliphatic carbocycles. The summed E-state index contributed by atoms with van der Waals surface area (Å²) < 4.78 is 2.05. The Morgan fingerprint density at radius 3 is 2.74 bits per heavy atom. The number of imidazole rings is 1. The molecular formula is C16H21N3. The molecule has 100 valence electrons. The molecule has 0 saturated carbocycles. The van der Waals surface area contributed by atoms with E-state index in [0.29, 0.717) is 6.54 Å². The van der Waals surface area contributed by atoms with Gasteiger partial charge >= 0.3 is 0 Å². The third-order valence-electron chi connectivity index (χ3n) is 3.27. The molecule has 0 unspecified atom stereocenters. The Hall–Kier alpha value is -2.03. The van der Waals surface area contributed by atoms with E-state index in [1.165, 1.54) is 5.56 Å². The summed E-state index contributed by atoms with van der Waals surface area (Å²) in [4.78, 5) is 4.74. The van der Waals surface area contributed by atoms with Crippen molar-refractivity contribution in [3.63, 3.8) is 0 Å². The summed E-state index contributed by atoms with van der Waals surface area (Å²) in [5.74, 6) is 1.77. The van der Waals surface area contributed by atoms with Crippen molar-refractivity contribution in [1.29, 1.82) is 0 Å². The number of nitrogens with zero attached hydrogens (tertiary/aromatic N) is 2. The Morgan fingerprint density at radius 1 is 1.37 bits per heavy atom. The van der Waals surface area contributed by atoms with Gasteiger partial charge in [0.25, 0.3) is 0 Å². The van der Waals surface area contributed by atoms with Crippen LogP contribution < -0.4 is 5.73 Å². The maximum Gasteiger partial charge on any atom is 0.132 e. The second-order valence-electron chi connectivity index (χ2n) is 4.73. The predicted octanol–water partition coefficient (Wildman–Crippen LogP) is 3.58. The van der Waals surface area contributed by atoms with Gasteiger partial charge in [0.15, 0.2) is 0 Å². The van der Waals surface area contributed by atoms with E-state index in [-0.39, 0.29) is 0 Å². The molecule has 2 N–H and O–H groups in total. The number of hydrogen-bond donors (Lipinski definition) is 1. The number of anilines is 1. The van der Waals surface area contributed by atoms with Crippen molar-refractivity contribution >= 4 is 5.82 Å². The van der Waals surface area contributed by atoms with E-state index in [2.05, 4.69) is 37.1 Å². The van der Waals surface area contributed by atoms with Crippen molar-refractivity contribution < 1.29 is 0 Å². The highest BCUT2D eigenvalue weighted by atomic mass is 15.1. The fourth-order valence-electron chi connectivity index (χ4n) is 2.30. The van der Waals surface area contributed by atoms with Crippen molar-refractivity contribution in [2.45, 2.75) is 33.2 Å². The second kappa shape index (κ2) is 5.74. The molecule has 0 fully saturated rings. The zero-order valence-corrected chi connectivity index (χ0v) is 11.7. The smallest absolute Gasteiger partial charge is 0.132 e. The van der Waals surface area contributed by atoms with Gasteiger partial charge in [-0.05, 0) is 18.9 Å². The zero-order valence-electron chi connectivity index (χ0n) is 11.7. The zero-order chi connectivity index (χ0) is 13.8. The van der Waals surface area contributed by atoms with Crippen molar-refractivity contribution in [2.24, 2.45) is 0 Å². The van der Waals surface area contributed by atoms with Gasteiger partial charge in [-0.2, -0.15) is 0 Å². The SMILES string of the molecule is C=CCn1c(CCC)nc(-c2ccccc2C)c1N. The first kappa shape index (κ1) is 13.4. The molecule has 0 atom stereocenters. The van der Waals surface area contributed by atoms with Gasteiger partial charge in [-0.1, -0.05) is 37.3 Å². The third-order valence-corrected chi connectivity index (χ3v) is 3.27. The average molecular weight is 255 g/mol. The van der Waals surface area contributed by atoms with Gasteiger partial charge in [-0.25, -0.2) is 4.98 Å². The molecule has 0 bridgehead atoms. The van der Waals surface area contributed by atoms with E-state index in [0.717, 1.165) is 35.7 Å². The Morgan fingerprint density at radius 2 is 2.11 bits per heavy atom. The van der Waals surface area contributed by atoms with E-state index < -0.39 is 0 Å². The van der Waals surface area contributed by atoms with Crippen LogP contribution in [0.15, 0.2) is 36.9 Å². The number of allylic oxidation sites excluding steroid dienone is 1. The fraction of sp³-hybridized carbons (Fsp3) is 0.312. The van der Waals surface area contributed by atoms with Gasteiger partial charge in [-0.3, -0.25) is 0 Å². The Kier molecular flexibility index (Phi) is 4.05. The molecule has 0 amide bonds. The minimum Gasteiger partial charge on any atom is -0.383 e. The molecule has 3 heteroatoms. The van der Waals surface area contributed by atoms with Crippen LogP contribution in [-0.2, 0) is 13.0 Å². The summed E-state index contributed by atoms with van der Waals surface area (Å²) in [6.45, 7) is 8.74. The largest absolute Gasteiger partial charge is 0.383 e. The van der Waals surface area contributed by atoms with Crippen molar-refractivity contribution in [3.8, 4) is 11.3 Å². The highest BCUT2D eigenvalue weighted by Gasteiger charge is 2.15. The minimum absolute atomic E-state index is 0.708. The fourth-order valence-corrected chi connectivity index (χ4v) is 2.30. The first-order chi connectivity index (χ1) is 9.19. The normalized spacial score (nSPS) is 10.6. The quantitative estimate of drug-likeness (QED) is 0.830. The van der Waals surface area contributed by atoms with E-state index in [1.54, 1.807) is 0 Å². The molecule has 0 spiro atoms. The Labute approximate surface area is 114 Å². The highest BCUT2D eigenvalue weighted by Crippen LogP contribution is 2.29. The molecular weight excluding hydrogens is 234 g/mol. The van der Waals surface area contributed by atoms with Gasteiger partial charge in [0, 0.05) is 18.5 Å². The molecule has 1 aromatic carbocycles. The summed E-state index contributed by atoms with van der Waals surface area (Å²) in [5, 5.41) is 0. The number of rotatable bonds is 5. The molecule has 1 aromatic heterocycles. The summed E-state index contributed by atoms with van der Waals surface area (Å²) in [6.07, 6.45) is 3.85. The summed E-state index contributed by atoms with van der Waals surface area (Å²) in [6, 6.07) is 8.21. The predicted molar refractivity (Wildman–Crippen MR) is 81.0 cm³/mol. The van der Waals surface area contributed by atoms with E-state index in [1.807, 2.05) is 18.2 Å². The maximum atomic E-state index is 6.27. The van der Waals surface area contributed by atoms with Crippen molar-refractivity contribution in [1.82, 2.24) is 9.55 Å². The molecule has 19 heavy (non-hydrogen) atoms. The molecule has 0 aliphatic heterocycles. The number of aromatic nitrogens is 2. The topological polar surface area (TPSA) is 43.8 Å². The number of benzene rings is 1. The van der Waals surface area contributed by atoms with Gasteiger partial charge in [0.1, 0.15) is 17.3 Å². The molecule has 2 aromatic rings. The Bertz CT molecular complexity index is 582. The lowest BCUT2D eigenvalue weighted by Crippen LogP contribution is -2.05. The van der Waals surface area contributed by atoms with Gasteiger partial charge in [0.05, 0.1) is 0 Å². The van der Waals surface area contributed by atoms with Gasteiger partial charge in [0.2, 0.25) is 0 Å². The summed E-state index contributed by atoms with van der Waals surface area (Å²) >= 11 is 0. The number of nitrogen functional groups attached to an aromatic ring is 1. The lowest BCUT2D eigenvalue weighted by Gasteiger charge is -2.06. The van der Waals surface area contributed by atoms with E-state index >= 15 is 0 Å². The number of aryl methyl sites for hydroxylation is 2. The summed E-state index contributed by atoms with van der Waals surface area (Å²) in [5.41, 5.74) is 9.47. The van der Waals surface area contributed by atoms with Crippen LogP contribution in [0.3, 0.4) is 0 Å². The minimum atomic E-state index is 0.708. The van der Waals surface area contributed by atoms with Crippen LogP contribution in [0.2, 0.25) is 0 Å². The average Bonchev–Trinajstić information content (AvgIpc) is 2.69. The van der Waals surface area contributed by atoms with Crippen LogP contribution in [0.5, 0.6) is 0 Å². The molecule has 1 heterocycles. The third kappa shape index (κ3) is 2.55. The lowest BCUT2D eigenvalue weighted by atomic mass is 10.1. The Balaban J connectivity index is 2.55. The molecule has 0 radical (unpaired) electrons. The molecule has 2 rings (SSSR count). The first-order valence-electron chi connectivity index (χ1n) is 6.70. The second-order valence-corrected chi connectivity index (χ2v) is 4.73. The highest BCUT2D eigenvalue weighted by molar-refractivity contribution is 5.73. The van der Waals surface area contributed by atoms with Crippen LogP contribution in [0.1, 0.15) is 24.7 Å². The van der Waals surface area contributed by atoms with Crippen LogP contribution >= 0.6 is 0 Å². The van der Waals surface area contributed by atoms with Crippen molar-refractivity contribution in [2.75, 3.05) is 5.73 Å². The van der Waals surface area contributed by atoms with Gasteiger partial charge in [-0.15, -0.1) is 6.58 Å². The molecule has 0 saturated heterocycles.